The predicted octanol–water partition coefficient (Wildman–Crippen LogP) is -1.32. The van der Waals surface area contributed by atoms with E-state index in [1.807, 2.05) is 0 Å². The zero-order chi connectivity index (χ0) is 22.3. The lowest BCUT2D eigenvalue weighted by Crippen LogP contribution is -2.38. The molecular weight excluding hydrogens is 417 g/mol. The van der Waals surface area contributed by atoms with Gasteiger partial charge in [0.2, 0.25) is 0 Å². The molecule has 0 radical (unpaired) electrons. The molecular formula is C16H23F3N4O7. The standard InChI is InChI=1S/C16H23F3N4O7/c17-16(18,19)14(26)21-1-2-28-3-4-29-8-9-6-23(15(27)22-13(9)20)12-5-10(25)11(7-24)30-12/h6,10-12,24-25H,1-5,7-8H2,(H,21,26)(H2,20,22,27)/t10-,11+,12+/m0/s1. The second-order valence-corrected chi connectivity index (χ2v) is 6.37. The first kappa shape index (κ1) is 24.0. The van der Waals surface area contributed by atoms with E-state index in [-0.39, 0.29) is 45.2 Å². The molecule has 1 amide bonds. The first-order valence-electron chi connectivity index (χ1n) is 8.96. The predicted molar refractivity (Wildman–Crippen MR) is 94.1 cm³/mol. The number of rotatable bonds is 10. The van der Waals surface area contributed by atoms with Gasteiger partial charge in [0.1, 0.15) is 18.1 Å². The molecule has 2 rings (SSSR count). The molecule has 0 aromatic carbocycles. The molecule has 11 nitrogen and oxygen atoms in total. The van der Waals surface area contributed by atoms with Crippen LogP contribution in [0.4, 0.5) is 19.0 Å². The summed E-state index contributed by atoms with van der Waals surface area (Å²) in [5.41, 5.74) is 5.40. The number of nitrogens with zero attached hydrogens (tertiary/aromatic N) is 2. The number of nitrogens with one attached hydrogen (secondary N) is 1. The fourth-order valence-corrected chi connectivity index (χ4v) is 2.63. The molecule has 0 aliphatic carbocycles. The number of hydrogen-bond donors (Lipinski definition) is 4. The monoisotopic (exact) mass is 440 g/mol. The summed E-state index contributed by atoms with van der Waals surface area (Å²) in [6, 6.07) is 0. The van der Waals surface area contributed by atoms with Crippen molar-refractivity contribution in [3.05, 3.63) is 22.2 Å². The minimum atomic E-state index is -4.94. The van der Waals surface area contributed by atoms with Crippen molar-refractivity contribution in [3.63, 3.8) is 0 Å². The highest BCUT2D eigenvalue weighted by Gasteiger charge is 2.38. The molecule has 1 aliphatic heterocycles. The largest absolute Gasteiger partial charge is 0.471 e. The fourth-order valence-electron chi connectivity index (χ4n) is 2.63. The van der Waals surface area contributed by atoms with Gasteiger partial charge in [-0.1, -0.05) is 0 Å². The molecule has 170 valence electrons. The van der Waals surface area contributed by atoms with Gasteiger partial charge in [0.15, 0.2) is 0 Å². The Morgan fingerprint density at radius 1 is 1.37 bits per heavy atom. The van der Waals surface area contributed by atoms with Crippen LogP contribution in [0, 0.1) is 0 Å². The molecule has 0 spiro atoms. The molecule has 1 fully saturated rings. The van der Waals surface area contributed by atoms with E-state index < -0.39 is 42.8 Å². The van der Waals surface area contributed by atoms with Crippen LogP contribution in [0.15, 0.2) is 11.0 Å². The third-order valence-electron chi connectivity index (χ3n) is 4.17. The van der Waals surface area contributed by atoms with Gasteiger partial charge in [-0.3, -0.25) is 9.36 Å². The third kappa shape index (κ3) is 6.63. The molecule has 3 atom stereocenters. The lowest BCUT2D eigenvalue weighted by Gasteiger charge is -2.16. The highest BCUT2D eigenvalue weighted by Crippen LogP contribution is 2.27. The van der Waals surface area contributed by atoms with E-state index in [2.05, 4.69) is 4.98 Å². The van der Waals surface area contributed by atoms with Crippen molar-refractivity contribution in [2.45, 2.75) is 37.6 Å². The molecule has 1 aliphatic rings. The molecule has 30 heavy (non-hydrogen) atoms. The fraction of sp³-hybridized carbons (Fsp3) is 0.688. The third-order valence-corrected chi connectivity index (χ3v) is 4.17. The first-order valence-corrected chi connectivity index (χ1v) is 8.96. The summed E-state index contributed by atoms with van der Waals surface area (Å²) in [4.78, 5) is 26.3. The number of nitrogens with two attached hydrogens (primary N) is 1. The van der Waals surface area contributed by atoms with E-state index in [0.717, 1.165) is 4.57 Å². The van der Waals surface area contributed by atoms with Gasteiger partial charge in [-0.2, -0.15) is 18.2 Å². The van der Waals surface area contributed by atoms with E-state index in [1.54, 1.807) is 5.32 Å². The van der Waals surface area contributed by atoms with Crippen molar-refractivity contribution in [1.82, 2.24) is 14.9 Å². The molecule has 0 bridgehead atoms. The van der Waals surface area contributed by atoms with Crippen LogP contribution >= 0.6 is 0 Å². The lowest BCUT2D eigenvalue weighted by molar-refractivity contribution is -0.173. The highest BCUT2D eigenvalue weighted by molar-refractivity contribution is 5.81. The normalized spacial score (nSPS) is 21.7. The number of carbonyl (C=O) groups is 1. The minimum Gasteiger partial charge on any atom is -0.394 e. The number of alkyl halides is 3. The van der Waals surface area contributed by atoms with Gasteiger partial charge < -0.3 is 35.5 Å². The summed E-state index contributed by atoms with van der Waals surface area (Å²) in [5, 5.41) is 20.6. The summed E-state index contributed by atoms with van der Waals surface area (Å²) < 4.78 is 52.9. The van der Waals surface area contributed by atoms with Crippen LogP contribution < -0.4 is 16.7 Å². The molecule has 5 N–H and O–H groups in total. The Balaban J connectivity index is 1.75. The first-order chi connectivity index (χ1) is 14.1. The van der Waals surface area contributed by atoms with E-state index >= 15 is 0 Å². The number of hydrogen-bond acceptors (Lipinski definition) is 9. The number of anilines is 1. The van der Waals surface area contributed by atoms with Crippen molar-refractivity contribution in [2.75, 3.05) is 38.7 Å². The lowest BCUT2D eigenvalue weighted by atomic mass is 10.2. The zero-order valence-electron chi connectivity index (χ0n) is 15.8. The van der Waals surface area contributed by atoms with E-state index in [1.165, 1.54) is 6.20 Å². The average molecular weight is 440 g/mol. The number of aliphatic hydroxyl groups is 2. The molecule has 2 heterocycles. The topological polar surface area (TPSA) is 158 Å². The highest BCUT2D eigenvalue weighted by atomic mass is 19.4. The van der Waals surface area contributed by atoms with Gasteiger partial charge in [0.25, 0.3) is 0 Å². The second kappa shape index (κ2) is 10.7. The molecule has 1 aromatic rings. The molecule has 1 saturated heterocycles. The van der Waals surface area contributed by atoms with Gasteiger partial charge >= 0.3 is 17.8 Å². The Labute approximate surface area is 168 Å². The number of halogens is 3. The molecule has 14 heteroatoms. The number of aromatic nitrogens is 2. The van der Waals surface area contributed by atoms with E-state index in [9.17, 15) is 27.9 Å². The second-order valence-electron chi connectivity index (χ2n) is 6.37. The van der Waals surface area contributed by atoms with Crippen molar-refractivity contribution < 1.29 is 42.4 Å². The molecule has 1 aromatic heterocycles. The number of nitrogen functional groups attached to an aromatic ring is 1. The van der Waals surface area contributed by atoms with Crippen molar-refractivity contribution in [1.29, 1.82) is 0 Å². The van der Waals surface area contributed by atoms with Crippen molar-refractivity contribution in [3.8, 4) is 0 Å². The average Bonchev–Trinajstić information content (AvgIpc) is 3.04. The van der Waals surface area contributed by atoms with Crippen LogP contribution in [0.1, 0.15) is 18.2 Å². The Bertz CT molecular complexity index is 774. The Kier molecular flexibility index (Phi) is 8.54. The van der Waals surface area contributed by atoms with Crippen LogP contribution in [0.25, 0.3) is 0 Å². The van der Waals surface area contributed by atoms with Gasteiger partial charge in [0, 0.05) is 24.7 Å². The summed E-state index contributed by atoms with van der Waals surface area (Å²) in [7, 11) is 0. The summed E-state index contributed by atoms with van der Waals surface area (Å²) in [6.07, 6.45) is -6.01. The number of ether oxygens (including phenoxy) is 3. The molecule has 0 saturated carbocycles. The maximum atomic E-state index is 12.1. The van der Waals surface area contributed by atoms with Gasteiger partial charge in [-0.15, -0.1) is 0 Å². The van der Waals surface area contributed by atoms with Crippen LogP contribution in [0.5, 0.6) is 0 Å². The maximum Gasteiger partial charge on any atom is 0.471 e. The van der Waals surface area contributed by atoms with Crippen LogP contribution in [-0.4, -0.2) is 77.0 Å². The number of aliphatic hydroxyl groups excluding tert-OH is 2. The van der Waals surface area contributed by atoms with Crippen molar-refractivity contribution in [2.24, 2.45) is 0 Å². The van der Waals surface area contributed by atoms with E-state index in [0.29, 0.717) is 5.56 Å². The number of carbonyl (C=O) groups excluding carboxylic acids is 1. The molecule has 0 unspecified atom stereocenters. The smallest absolute Gasteiger partial charge is 0.394 e. The van der Waals surface area contributed by atoms with Crippen LogP contribution in [-0.2, 0) is 25.6 Å². The van der Waals surface area contributed by atoms with Crippen molar-refractivity contribution >= 4 is 11.7 Å². The summed E-state index contributed by atoms with van der Waals surface area (Å²) >= 11 is 0. The minimum absolute atomic E-state index is 0.0357. The van der Waals surface area contributed by atoms with Crippen LogP contribution in [0.3, 0.4) is 0 Å². The summed E-state index contributed by atoms with van der Waals surface area (Å²) in [5.74, 6) is -2.09. The Morgan fingerprint density at radius 2 is 2.07 bits per heavy atom. The number of amides is 1. The zero-order valence-corrected chi connectivity index (χ0v) is 15.8. The van der Waals surface area contributed by atoms with Gasteiger partial charge in [0.05, 0.1) is 39.1 Å². The van der Waals surface area contributed by atoms with Crippen LogP contribution in [0.2, 0.25) is 0 Å². The Hall–Kier alpha value is -2.26. The van der Waals surface area contributed by atoms with Gasteiger partial charge in [-0.25, -0.2) is 4.79 Å². The quantitative estimate of drug-likeness (QED) is 0.324. The van der Waals surface area contributed by atoms with Gasteiger partial charge in [-0.05, 0) is 0 Å². The maximum absolute atomic E-state index is 12.1. The SMILES string of the molecule is Nc1nc(=O)n([C@H]2C[C@H](O)[C@@H](CO)O2)cc1COCCOCCNC(=O)C(F)(F)F. The van der Waals surface area contributed by atoms with E-state index in [4.69, 9.17) is 25.1 Å². The summed E-state index contributed by atoms with van der Waals surface area (Å²) in [6.45, 7) is -0.756. The Morgan fingerprint density at radius 3 is 2.70 bits per heavy atom.